The number of aromatic nitrogens is 2. The number of aromatic amines is 1. The zero-order valence-electron chi connectivity index (χ0n) is 12.9. The number of pyridine rings is 2. The summed E-state index contributed by atoms with van der Waals surface area (Å²) in [5, 5.41) is 11.5. The van der Waals surface area contributed by atoms with E-state index in [0.29, 0.717) is 22.6 Å². The normalized spacial score (nSPS) is 11.8. The van der Waals surface area contributed by atoms with E-state index in [1.807, 2.05) is 12.1 Å². The second-order valence-corrected chi connectivity index (χ2v) is 6.54. The van der Waals surface area contributed by atoms with Crippen LogP contribution in [0.15, 0.2) is 47.5 Å². The van der Waals surface area contributed by atoms with Gasteiger partial charge in [-0.15, -0.1) is 0 Å². The Bertz CT molecular complexity index is 926. The van der Waals surface area contributed by atoms with Gasteiger partial charge in [-0.25, -0.2) is 0 Å². The molecule has 0 aliphatic carbocycles. The smallest absolute Gasteiger partial charge is 0.251 e. The number of H-pyrrole nitrogens is 1. The molecule has 1 aromatic carbocycles. The molecule has 4 nitrogen and oxygen atoms in total. The van der Waals surface area contributed by atoms with Gasteiger partial charge in [-0.05, 0) is 37.6 Å². The van der Waals surface area contributed by atoms with Gasteiger partial charge in [0.15, 0.2) is 0 Å². The molecular formula is C18H17ClN2O2. The zero-order chi connectivity index (χ0) is 16.6. The number of aliphatic hydroxyl groups is 1. The maximum absolute atomic E-state index is 12.2. The Morgan fingerprint density at radius 1 is 1.26 bits per heavy atom. The Labute approximate surface area is 138 Å². The Morgan fingerprint density at radius 3 is 2.74 bits per heavy atom. The molecule has 0 aliphatic heterocycles. The third kappa shape index (κ3) is 3.28. The predicted molar refractivity (Wildman–Crippen MR) is 91.9 cm³/mol. The van der Waals surface area contributed by atoms with Crippen LogP contribution in [-0.4, -0.2) is 15.1 Å². The molecule has 118 valence electrons. The summed E-state index contributed by atoms with van der Waals surface area (Å²) in [5.74, 6) is 0. The molecular weight excluding hydrogens is 312 g/mol. The van der Waals surface area contributed by atoms with Crippen molar-refractivity contribution >= 4 is 22.5 Å². The van der Waals surface area contributed by atoms with Crippen LogP contribution in [0.2, 0.25) is 5.02 Å². The topological polar surface area (TPSA) is 66.0 Å². The summed E-state index contributed by atoms with van der Waals surface area (Å²) in [6.07, 6.45) is 3.83. The van der Waals surface area contributed by atoms with Crippen molar-refractivity contribution < 1.29 is 5.11 Å². The first-order valence-corrected chi connectivity index (χ1v) is 7.69. The maximum Gasteiger partial charge on any atom is 0.251 e. The molecule has 0 unspecified atom stereocenters. The van der Waals surface area contributed by atoms with Crippen molar-refractivity contribution in [1.29, 1.82) is 0 Å². The average molecular weight is 329 g/mol. The van der Waals surface area contributed by atoms with Crippen LogP contribution in [0.4, 0.5) is 0 Å². The molecule has 0 saturated heterocycles. The third-order valence-electron chi connectivity index (χ3n) is 3.81. The molecule has 23 heavy (non-hydrogen) atoms. The average Bonchev–Trinajstić information content (AvgIpc) is 2.47. The van der Waals surface area contributed by atoms with Gasteiger partial charge in [-0.2, -0.15) is 0 Å². The number of benzene rings is 1. The van der Waals surface area contributed by atoms with Crippen molar-refractivity contribution in [3.8, 4) is 0 Å². The van der Waals surface area contributed by atoms with Gasteiger partial charge in [-0.3, -0.25) is 9.78 Å². The minimum atomic E-state index is -0.998. The molecule has 0 atom stereocenters. The number of hydrogen-bond donors (Lipinski definition) is 2. The minimum absolute atomic E-state index is 0.119. The Kier molecular flexibility index (Phi) is 3.96. The number of fused-ring (bicyclic) bond motifs is 1. The molecule has 2 heterocycles. The fourth-order valence-corrected chi connectivity index (χ4v) is 3.04. The van der Waals surface area contributed by atoms with Crippen molar-refractivity contribution in [2.45, 2.75) is 25.9 Å². The van der Waals surface area contributed by atoms with Gasteiger partial charge in [0.2, 0.25) is 0 Å². The summed E-state index contributed by atoms with van der Waals surface area (Å²) >= 11 is 6.26. The van der Waals surface area contributed by atoms with Crippen LogP contribution in [0.1, 0.15) is 30.5 Å². The standard InChI is InChI=1S/C18H17ClN2O2/c1-18(2,23)14-4-3-11(8-15(14)19)7-12-9-13-10-20-6-5-16(13)21-17(12)22/h3-6,8-10,23H,7H2,1-2H3,(H,21,22). The fraction of sp³-hybridized carbons (Fsp3) is 0.222. The molecule has 2 aromatic heterocycles. The van der Waals surface area contributed by atoms with Crippen LogP contribution < -0.4 is 5.56 Å². The van der Waals surface area contributed by atoms with Gasteiger partial charge < -0.3 is 10.1 Å². The molecule has 0 bridgehead atoms. The lowest BCUT2D eigenvalue weighted by Crippen LogP contribution is -2.16. The second kappa shape index (κ2) is 5.80. The molecule has 0 radical (unpaired) electrons. The molecule has 0 fully saturated rings. The number of nitrogens with zero attached hydrogens (tertiary/aromatic N) is 1. The van der Waals surface area contributed by atoms with Crippen LogP contribution in [0.5, 0.6) is 0 Å². The van der Waals surface area contributed by atoms with Crippen LogP contribution in [-0.2, 0) is 12.0 Å². The van der Waals surface area contributed by atoms with E-state index < -0.39 is 5.60 Å². The number of nitrogens with one attached hydrogen (secondary N) is 1. The Hall–Kier alpha value is -2.17. The first kappa shape index (κ1) is 15.7. The number of halogens is 1. The lowest BCUT2D eigenvalue weighted by Gasteiger charge is -2.19. The van der Waals surface area contributed by atoms with Crippen molar-refractivity contribution in [2.24, 2.45) is 0 Å². The summed E-state index contributed by atoms with van der Waals surface area (Å²) in [4.78, 5) is 19.1. The summed E-state index contributed by atoms with van der Waals surface area (Å²) in [6, 6.07) is 9.09. The SMILES string of the molecule is CC(C)(O)c1ccc(Cc2cc3cnccc3[nH]c2=O)cc1Cl. The molecule has 3 aromatic rings. The van der Waals surface area contributed by atoms with Crippen molar-refractivity contribution in [3.05, 3.63) is 74.8 Å². The van der Waals surface area contributed by atoms with Gasteiger partial charge in [0.1, 0.15) is 0 Å². The van der Waals surface area contributed by atoms with E-state index in [-0.39, 0.29) is 5.56 Å². The summed E-state index contributed by atoms with van der Waals surface area (Å²) in [5.41, 5.74) is 1.88. The highest BCUT2D eigenvalue weighted by Gasteiger charge is 2.19. The van der Waals surface area contributed by atoms with E-state index in [1.54, 1.807) is 44.4 Å². The van der Waals surface area contributed by atoms with Crippen LogP contribution in [0, 0.1) is 0 Å². The molecule has 2 N–H and O–H groups in total. The minimum Gasteiger partial charge on any atom is -0.386 e. The van der Waals surface area contributed by atoms with E-state index in [4.69, 9.17) is 11.6 Å². The van der Waals surface area contributed by atoms with Crippen LogP contribution >= 0.6 is 11.6 Å². The fourth-order valence-electron chi connectivity index (χ4n) is 2.61. The van der Waals surface area contributed by atoms with E-state index in [1.165, 1.54) is 0 Å². The third-order valence-corrected chi connectivity index (χ3v) is 4.12. The van der Waals surface area contributed by atoms with Crippen molar-refractivity contribution in [3.63, 3.8) is 0 Å². The molecule has 0 aliphatic rings. The molecule has 5 heteroatoms. The molecule has 0 saturated carbocycles. The van der Waals surface area contributed by atoms with Crippen molar-refractivity contribution in [1.82, 2.24) is 9.97 Å². The highest BCUT2D eigenvalue weighted by Crippen LogP contribution is 2.28. The van der Waals surface area contributed by atoms with E-state index in [9.17, 15) is 9.90 Å². The second-order valence-electron chi connectivity index (χ2n) is 6.14. The van der Waals surface area contributed by atoms with Crippen LogP contribution in [0.25, 0.3) is 10.9 Å². The van der Waals surface area contributed by atoms with Gasteiger partial charge in [0.25, 0.3) is 5.56 Å². The monoisotopic (exact) mass is 328 g/mol. The van der Waals surface area contributed by atoms with Gasteiger partial charge in [0, 0.05) is 40.4 Å². The highest BCUT2D eigenvalue weighted by molar-refractivity contribution is 6.31. The summed E-state index contributed by atoms with van der Waals surface area (Å²) < 4.78 is 0. The van der Waals surface area contributed by atoms with Gasteiger partial charge >= 0.3 is 0 Å². The van der Waals surface area contributed by atoms with Crippen molar-refractivity contribution in [2.75, 3.05) is 0 Å². The first-order valence-electron chi connectivity index (χ1n) is 7.32. The van der Waals surface area contributed by atoms with Crippen LogP contribution in [0.3, 0.4) is 0 Å². The number of hydrogen-bond acceptors (Lipinski definition) is 3. The molecule has 3 rings (SSSR count). The van der Waals surface area contributed by atoms with E-state index in [0.717, 1.165) is 16.5 Å². The van der Waals surface area contributed by atoms with Gasteiger partial charge in [0.05, 0.1) is 11.1 Å². The lowest BCUT2D eigenvalue weighted by molar-refractivity contribution is 0.0787. The Morgan fingerprint density at radius 2 is 2.04 bits per heavy atom. The Balaban J connectivity index is 1.98. The first-order chi connectivity index (χ1) is 10.8. The van der Waals surface area contributed by atoms with E-state index >= 15 is 0 Å². The summed E-state index contributed by atoms with van der Waals surface area (Å²) in [6.45, 7) is 3.38. The lowest BCUT2D eigenvalue weighted by atomic mass is 9.95. The van der Waals surface area contributed by atoms with E-state index in [2.05, 4.69) is 9.97 Å². The van der Waals surface area contributed by atoms with Gasteiger partial charge in [-0.1, -0.05) is 23.7 Å². The molecule has 0 amide bonds. The highest BCUT2D eigenvalue weighted by atomic mass is 35.5. The number of rotatable bonds is 3. The maximum atomic E-state index is 12.2. The molecule has 0 spiro atoms. The quantitative estimate of drug-likeness (QED) is 0.774. The summed E-state index contributed by atoms with van der Waals surface area (Å²) in [7, 11) is 0. The zero-order valence-corrected chi connectivity index (χ0v) is 13.7. The largest absolute Gasteiger partial charge is 0.386 e. The predicted octanol–water partition coefficient (Wildman–Crippen LogP) is 3.39.